The fourth-order valence-corrected chi connectivity index (χ4v) is 0.445. The molecule has 64 valence electrons. The predicted molar refractivity (Wildman–Crippen MR) is 48.4 cm³/mol. The highest BCUT2D eigenvalue weighted by molar-refractivity contribution is 5.06. The van der Waals surface area contributed by atoms with Crippen LogP contribution in [0.25, 0.3) is 0 Å². The third-order valence-corrected chi connectivity index (χ3v) is 1.59. The van der Waals surface area contributed by atoms with Crippen molar-refractivity contribution in [2.75, 3.05) is 7.05 Å². The first-order chi connectivity index (χ1) is 4.88. The molecule has 0 aliphatic carbocycles. The van der Waals surface area contributed by atoms with E-state index in [1.165, 1.54) is 6.08 Å². The molecule has 0 amide bonds. The lowest BCUT2D eigenvalue weighted by Crippen LogP contribution is -2.33. The lowest BCUT2D eigenvalue weighted by Gasteiger charge is -2.30. The van der Waals surface area contributed by atoms with Gasteiger partial charge in [-0.2, -0.15) is 0 Å². The van der Waals surface area contributed by atoms with E-state index in [1.807, 2.05) is 11.9 Å². The molecule has 0 aromatic carbocycles. The van der Waals surface area contributed by atoms with Crippen molar-refractivity contribution in [3.05, 3.63) is 24.6 Å². The van der Waals surface area contributed by atoms with Crippen molar-refractivity contribution in [3.63, 3.8) is 0 Å². The highest BCUT2D eigenvalue weighted by Gasteiger charge is 2.13. The Balaban J connectivity index is 4.28. The van der Waals surface area contributed by atoms with E-state index in [9.17, 15) is 0 Å². The van der Waals surface area contributed by atoms with E-state index < -0.39 is 0 Å². The van der Waals surface area contributed by atoms with Gasteiger partial charge in [-0.05, 0) is 26.8 Å². The highest BCUT2D eigenvalue weighted by atomic mass is 16.3. The van der Waals surface area contributed by atoms with Gasteiger partial charge in [0.05, 0.1) is 0 Å². The van der Waals surface area contributed by atoms with E-state index in [1.54, 1.807) is 6.20 Å². The Kier molecular flexibility index (Phi) is 3.18. The number of allylic oxidation sites excluding steroid dienone is 1. The van der Waals surface area contributed by atoms with Crippen molar-refractivity contribution in [3.8, 4) is 0 Å². The van der Waals surface area contributed by atoms with Crippen LogP contribution in [0.1, 0.15) is 20.8 Å². The fraction of sp³-hybridized carbons (Fsp3) is 0.556. The molecule has 0 saturated heterocycles. The predicted octanol–water partition coefficient (Wildman–Crippen LogP) is 2.30. The third kappa shape index (κ3) is 3.71. The van der Waals surface area contributed by atoms with Crippen LogP contribution < -0.4 is 0 Å². The summed E-state index contributed by atoms with van der Waals surface area (Å²) in [4.78, 5) is 1.93. The Morgan fingerprint density at radius 2 is 1.91 bits per heavy atom. The van der Waals surface area contributed by atoms with Crippen LogP contribution >= 0.6 is 0 Å². The van der Waals surface area contributed by atoms with Crippen LogP contribution in [0.3, 0.4) is 0 Å². The summed E-state index contributed by atoms with van der Waals surface area (Å²) in [5, 5.41) is 9.09. The molecular weight excluding hydrogens is 138 g/mol. The molecule has 11 heavy (non-hydrogen) atoms. The topological polar surface area (TPSA) is 23.5 Å². The maximum Gasteiger partial charge on any atom is 0.130 e. The fourth-order valence-electron chi connectivity index (χ4n) is 0.445. The molecule has 0 bridgehead atoms. The quantitative estimate of drug-likeness (QED) is 0.488. The second-order valence-electron chi connectivity index (χ2n) is 3.54. The standard InChI is InChI=1S/C9H17NO/c1-6-8(11)7-10(5)9(2,3)4/h6-7,11H,1H2,2-5H3/b8-7+. The average molecular weight is 155 g/mol. The van der Waals surface area contributed by atoms with Gasteiger partial charge in [0.15, 0.2) is 0 Å². The molecule has 0 spiro atoms. The molecule has 1 N–H and O–H groups in total. The van der Waals surface area contributed by atoms with Crippen molar-refractivity contribution in [2.45, 2.75) is 26.3 Å². The molecule has 2 heteroatoms. The summed E-state index contributed by atoms with van der Waals surface area (Å²) in [5.74, 6) is 0.197. The lowest BCUT2D eigenvalue weighted by atomic mass is 10.1. The molecule has 0 saturated carbocycles. The average Bonchev–Trinajstić information content (AvgIpc) is 1.85. The van der Waals surface area contributed by atoms with Crippen LogP contribution in [0.4, 0.5) is 0 Å². The molecule has 0 heterocycles. The maximum absolute atomic E-state index is 9.09. The Hall–Kier alpha value is -0.920. The molecule has 0 aliphatic rings. The summed E-state index contributed by atoms with van der Waals surface area (Å²) in [6.45, 7) is 9.66. The highest BCUT2D eigenvalue weighted by Crippen LogP contribution is 2.11. The first kappa shape index (κ1) is 10.1. The molecule has 0 radical (unpaired) electrons. The van der Waals surface area contributed by atoms with Crippen LogP contribution in [0.15, 0.2) is 24.6 Å². The van der Waals surface area contributed by atoms with Crippen LogP contribution in [0, 0.1) is 0 Å². The monoisotopic (exact) mass is 155 g/mol. The molecule has 0 unspecified atom stereocenters. The minimum atomic E-state index is 0.0387. The van der Waals surface area contributed by atoms with E-state index in [4.69, 9.17) is 5.11 Å². The lowest BCUT2D eigenvalue weighted by molar-refractivity contribution is 0.239. The summed E-state index contributed by atoms with van der Waals surface area (Å²) in [5.41, 5.74) is 0.0387. The summed E-state index contributed by atoms with van der Waals surface area (Å²) in [6, 6.07) is 0. The van der Waals surface area contributed by atoms with Crippen molar-refractivity contribution < 1.29 is 5.11 Å². The Morgan fingerprint density at radius 3 is 2.18 bits per heavy atom. The van der Waals surface area contributed by atoms with Crippen molar-refractivity contribution in [1.29, 1.82) is 0 Å². The van der Waals surface area contributed by atoms with E-state index in [-0.39, 0.29) is 11.3 Å². The Morgan fingerprint density at radius 1 is 1.45 bits per heavy atom. The van der Waals surface area contributed by atoms with E-state index in [0.29, 0.717) is 0 Å². The SMILES string of the molecule is C=C/C(O)=C\N(C)C(C)(C)C. The number of hydrogen-bond donors (Lipinski definition) is 1. The normalized spacial score (nSPS) is 12.9. The van der Waals surface area contributed by atoms with Gasteiger partial charge in [0.25, 0.3) is 0 Å². The van der Waals surface area contributed by atoms with Gasteiger partial charge < -0.3 is 10.0 Å². The summed E-state index contributed by atoms with van der Waals surface area (Å²) >= 11 is 0. The van der Waals surface area contributed by atoms with Crippen LogP contribution in [-0.4, -0.2) is 22.6 Å². The zero-order chi connectivity index (χ0) is 9.07. The van der Waals surface area contributed by atoms with Crippen molar-refractivity contribution >= 4 is 0 Å². The molecule has 0 fully saturated rings. The number of nitrogens with zero attached hydrogens (tertiary/aromatic N) is 1. The first-order valence-corrected chi connectivity index (χ1v) is 3.64. The summed E-state index contributed by atoms with van der Waals surface area (Å²) in [7, 11) is 1.92. The molecule has 0 atom stereocenters. The molecule has 0 aromatic heterocycles. The molecular formula is C9H17NO. The zero-order valence-electron chi connectivity index (χ0n) is 7.76. The van der Waals surface area contributed by atoms with Gasteiger partial charge >= 0.3 is 0 Å². The molecule has 0 aliphatic heterocycles. The second kappa shape index (κ2) is 3.46. The molecule has 0 rings (SSSR count). The van der Waals surface area contributed by atoms with Gasteiger partial charge in [0.2, 0.25) is 0 Å². The summed E-state index contributed by atoms with van der Waals surface area (Å²) < 4.78 is 0. The first-order valence-electron chi connectivity index (χ1n) is 3.64. The van der Waals surface area contributed by atoms with E-state index in [0.717, 1.165) is 0 Å². The minimum absolute atomic E-state index is 0.0387. The Labute approximate surface area is 68.8 Å². The van der Waals surface area contributed by atoms with Crippen LogP contribution in [0.2, 0.25) is 0 Å². The number of rotatable bonds is 2. The number of aliphatic hydroxyl groups is 1. The van der Waals surface area contributed by atoms with Gasteiger partial charge in [-0.15, -0.1) is 0 Å². The number of hydrogen-bond acceptors (Lipinski definition) is 2. The Bertz CT molecular complexity index is 165. The van der Waals surface area contributed by atoms with Gasteiger partial charge in [0.1, 0.15) is 5.76 Å². The van der Waals surface area contributed by atoms with Gasteiger partial charge in [0, 0.05) is 18.8 Å². The largest absolute Gasteiger partial charge is 0.506 e. The number of aliphatic hydroxyl groups excluding tert-OH is 1. The van der Waals surface area contributed by atoms with E-state index in [2.05, 4.69) is 27.4 Å². The van der Waals surface area contributed by atoms with Crippen LogP contribution in [0.5, 0.6) is 0 Å². The third-order valence-electron chi connectivity index (χ3n) is 1.59. The van der Waals surface area contributed by atoms with Gasteiger partial charge in [-0.1, -0.05) is 6.58 Å². The van der Waals surface area contributed by atoms with Crippen molar-refractivity contribution in [1.82, 2.24) is 4.90 Å². The minimum Gasteiger partial charge on any atom is -0.506 e. The van der Waals surface area contributed by atoms with E-state index >= 15 is 0 Å². The van der Waals surface area contributed by atoms with Crippen molar-refractivity contribution in [2.24, 2.45) is 0 Å². The zero-order valence-corrected chi connectivity index (χ0v) is 7.76. The second-order valence-corrected chi connectivity index (χ2v) is 3.54. The van der Waals surface area contributed by atoms with Crippen LogP contribution in [-0.2, 0) is 0 Å². The molecule has 0 aromatic rings. The maximum atomic E-state index is 9.09. The smallest absolute Gasteiger partial charge is 0.130 e. The van der Waals surface area contributed by atoms with Gasteiger partial charge in [-0.3, -0.25) is 0 Å². The summed E-state index contributed by atoms with van der Waals surface area (Å²) in [6.07, 6.45) is 3.08. The molecule has 2 nitrogen and oxygen atoms in total. The van der Waals surface area contributed by atoms with Gasteiger partial charge in [-0.25, -0.2) is 0 Å².